The lowest BCUT2D eigenvalue weighted by Crippen LogP contribution is -2.43. The number of halogens is 2. The maximum atomic E-state index is 13.1. The van der Waals surface area contributed by atoms with Crippen molar-refractivity contribution in [2.24, 2.45) is 16.6 Å². The molecule has 1 aliphatic rings. The van der Waals surface area contributed by atoms with E-state index in [1.54, 1.807) is 0 Å². The van der Waals surface area contributed by atoms with Crippen LogP contribution >= 0.6 is 0 Å². The normalized spacial score (nSPS) is 19.9. The predicted octanol–water partition coefficient (Wildman–Crippen LogP) is 2.94. The van der Waals surface area contributed by atoms with Gasteiger partial charge < -0.3 is 10.6 Å². The summed E-state index contributed by atoms with van der Waals surface area (Å²) in [5.74, 6) is 0.181. The zero-order valence-electron chi connectivity index (χ0n) is 12.5. The molecule has 0 aromatic heterocycles. The van der Waals surface area contributed by atoms with Gasteiger partial charge in [-0.1, -0.05) is 6.92 Å². The molecule has 1 fully saturated rings. The van der Waals surface area contributed by atoms with Crippen LogP contribution in [0, 0.1) is 17.6 Å². The van der Waals surface area contributed by atoms with Gasteiger partial charge in [0.05, 0.1) is 0 Å². The number of benzene rings is 1. The molecular formula is C16H23F2N3. The van der Waals surface area contributed by atoms with E-state index in [0.29, 0.717) is 30.4 Å². The second-order valence-corrected chi connectivity index (χ2v) is 5.81. The van der Waals surface area contributed by atoms with Crippen molar-refractivity contribution in [2.75, 3.05) is 19.6 Å². The van der Waals surface area contributed by atoms with E-state index in [2.05, 4.69) is 16.8 Å². The van der Waals surface area contributed by atoms with Crippen LogP contribution in [0.1, 0.15) is 31.7 Å². The molecule has 1 unspecified atom stereocenters. The highest BCUT2D eigenvalue weighted by molar-refractivity contribution is 5.78. The molecule has 1 aliphatic heterocycles. The Morgan fingerprint density at radius 1 is 1.33 bits per heavy atom. The van der Waals surface area contributed by atoms with E-state index >= 15 is 0 Å². The third kappa shape index (κ3) is 4.99. The lowest BCUT2D eigenvalue weighted by Gasteiger charge is -2.31. The number of likely N-dealkylation sites (tertiary alicyclic amines) is 1. The number of piperidine rings is 1. The predicted molar refractivity (Wildman–Crippen MR) is 81.1 cm³/mol. The molecule has 3 nitrogen and oxygen atoms in total. The maximum Gasteiger partial charge on any atom is 0.191 e. The van der Waals surface area contributed by atoms with E-state index in [0.717, 1.165) is 32.0 Å². The molecule has 1 atom stereocenters. The van der Waals surface area contributed by atoms with Crippen molar-refractivity contribution < 1.29 is 8.78 Å². The van der Waals surface area contributed by atoms with Crippen LogP contribution in [-0.2, 0) is 6.42 Å². The molecule has 0 aliphatic carbocycles. The summed E-state index contributed by atoms with van der Waals surface area (Å²) in [7, 11) is 0. The third-order valence-corrected chi connectivity index (χ3v) is 3.80. The van der Waals surface area contributed by atoms with Gasteiger partial charge in [-0.15, -0.1) is 0 Å². The van der Waals surface area contributed by atoms with Crippen molar-refractivity contribution in [3.63, 3.8) is 0 Å². The Balaban J connectivity index is 1.79. The first-order valence-electron chi connectivity index (χ1n) is 7.54. The van der Waals surface area contributed by atoms with Crippen LogP contribution in [0.15, 0.2) is 23.2 Å². The molecule has 1 aromatic rings. The summed E-state index contributed by atoms with van der Waals surface area (Å²) in [6.45, 7) is 4.73. The first-order chi connectivity index (χ1) is 10.0. The van der Waals surface area contributed by atoms with Crippen molar-refractivity contribution in [1.82, 2.24) is 4.90 Å². The van der Waals surface area contributed by atoms with E-state index < -0.39 is 11.6 Å². The number of hydrogen-bond donors (Lipinski definition) is 1. The molecule has 2 rings (SSSR count). The summed E-state index contributed by atoms with van der Waals surface area (Å²) in [5.41, 5.74) is 6.65. The molecule has 0 saturated carbocycles. The number of aliphatic imine (C=N–C) groups is 1. The second-order valence-electron chi connectivity index (χ2n) is 5.81. The summed E-state index contributed by atoms with van der Waals surface area (Å²) in [6, 6.07) is 3.61. The number of rotatable bonds is 4. The molecule has 2 N–H and O–H groups in total. The first kappa shape index (κ1) is 15.7. The summed E-state index contributed by atoms with van der Waals surface area (Å²) in [6.07, 6.45) is 3.73. The topological polar surface area (TPSA) is 41.6 Å². The minimum absolute atomic E-state index is 0.532. The molecule has 116 valence electrons. The number of nitrogens with zero attached hydrogens (tertiary/aromatic N) is 2. The zero-order valence-corrected chi connectivity index (χ0v) is 12.5. The molecule has 21 heavy (non-hydrogen) atoms. The number of hydrogen-bond acceptors (Lipinski definition) is 1. The van der Waals surface area contributed by atoms with Crippen LogP contribution in [0.25, 0.3) is 0 Å². The molecule has 0 radical (unpaired) electrons. The monoisotopic (exact) mass is 295 g/mol. The SMILES string of the molecule is CC1CCCN(C(N)=NCCCc2cc(F)cc(F)c2)C1. The molecule has 0 amide bonds. The minimum atomic E-state index is -0.532. The number of guanidine groups is 1. The minimum Gasteiger partial charge on any atom is -0.370 e. The summed E-state index contributed by atoms with van der Waals surface area (Å²) in [4.78, 5) is 6.50. The van der Waals surface area contributed by atoms with Crippen molar-refractivity contribution in [1.29, 1.82) is 0 Å². The molecule has 5 heteroatoms. The Labute approximate surface area is 124 Å². The molecule has 1 heterocycles. The van der Waals surface area contributed by atoms with Crippen LogP contribution in [-0.4, -0.2) is 30.5 Å². The van der Waals surface area contributed by atoms with Crippen LogP contribution in [0.5, 0.6) is 0 Å². The maximum absolute atomic E-state index is 13.1. The molecule has 1 saturated heterocycles. The Hall–Kier alpha value is -1.65. The summed E-state index contributed by atoms with van der Waals surface area (Å²) < 4.78 is 26.1. The molecule has 1 aromatic carbocycles. The number of aryl methyl sites for hydroxylation is 1. The van der Waals surface area contributed by atoms with Gasteiger partial charge in [-0.3, -0.25) is 4.99 Å². The third-order valence-electron chi connectivity index (χ3n) is 3.80. The highest BCUT2D eigenvalue weighted by Gasteiger charge is 2.17. The molecule has 0 spiro atoms. The van der Waals surface area contributed by atoms with E-state index in [9.17, 15) is 8.78 Å². The largest absolute Gasteiger partial charge is 0.370 e. The van der Waals surface area contributed by atoms with Crippen LogP contribution in [0.4, 0.5) is 8.78 Å². The Morgan fingerprint density at radius 2 is 2.05 bits per heavy atom. The quantitative estimate of drug-likeness (QED) is 0.527. The Kier molecular flexibility index (Phi) is 5.53. The summed E-state index contributed by atoms with van der Waals surface area (Å²) >= 11 is 0. The van der Waals surface area contributed by atoms with Gasteiger partial charge in [0, 0.05) is 25.7 Å². The molecule has 0 bridgehead atoms. The highest BCUT2D eigenvalue weighted by Crippen LogP contribution is 2.15. The van der Waals surface area contributed by atoms with Gasteiger partial charge in [0.15, 0.2) is 5.96 Å². The average molecular weight is 295 g/mol. The van der Waals surface area contributed by atoms with Gasteiger partial charge >= 0.3 is 0 Å². The standard InChI is InChI=1S/C16H23F2N3/c1-12-4-3-7-21(11-12)16(19)20-6-2-5-13-8-14(17)10-15(18)9-13/h8-10,12H,2-7,11H2,1H3,(H2,19,20). The van der Waals surface area contributed by atoms with Gasteiger partial charge in [0.1, 0.15) is 11.6 Å². The van der Waals surface area contributed by atoms with Gasteiger partial charge in [-0.25, -0.2) is 8.78 Å². The van der Waals surface area contributed by atoms with Crippen LogP contribution in [0.3, 0.4) is 0 Å². The summed E-state index contributed by atoms with van der Waals surface area (Å²) in [5, 5.41) is 0. The highest BCUT2D eigenvalue weighted by atomic mass is 19.1. The first-order valence-corrected chi connectivity index (χ1v) is 7.54. The van der Waals surface area contributed by atoms with Crippen LogP contribution in [0.2, 0.25) is 0 Å². The fourth-order valence-electron chi connectivity index (χ4n) is 2.73. The lowest BCUT2D eigenvalue weighted by atomic mass is 10.0. The van der Waals surface area contributed by atoms with Crippen molar-refractivity contribution in [3.8, 4) is 0 Å². The fraction of sp³-hybridized carbons (Fsp3) is 0.562. The van der Waals surface area contributed by atoms with Crippen molar-refractivity contribution in [2.45, 2.75) is 32.6 Å². The second kappa shape index (κ2) is 7.38. The van der Waals surface area contributed by atoms with E-state index in [1.807, 2.05) is 0 Å². The Bertz CT molecular complexity index is 482. The zero-order chi connectivity index (χ0) is 15.2. The van der Waals surface area contributed by atoms with Crippen molar-refractivity contribution >= 4 is 5.96 Å². The van der Waals surface area contributed by atoms with E-state index in [4.69, 9.17) is 5.73 Å². The van der Waals surface area contributed by atoms with E-state index in [-0.39, 0.29) is 0 Å². The van der Waals surface area contributed by atoms with Crippen molar-refractivity contribution in [3.05, 3.63) is 35.4 Å². The van der Waals surface area contributed by atoms with E-state index in [1.165, 1.54) is 18.6 Å². The smallest absolute Gasteiger partial charge is 0.191 e. The van der Waals surface area contributed by atoms with Gasteiger partial charge in [0.2, 0.25) is 0 Å². The van der Waals surface area contributed by atoms with Crippen LogP contribution < -0.4 is 5.73 Å². The number of nitrogens with two attached hydrogens (primary N) is 1. The fourth-order valence-corrected chi connectivity index (χ4v) is 2.73. The lowest BCUT2D eigenvalue weighted by molar-refractivity contribution is 0.270. The van der Waals surface area contributed by atoms with Gasteiger partial charge in [-0.2, -0.15) is 0 Å². The Morgan fingerprint density at radius 3 is 2.71 bits per heavy atom. The molecular weight excluding hydrogens is 272 g/mol. The average Bonchev–Trinajstić information content (AvgIpc) is 2.42. The van der Waals surface area contributed by atoms with Gasteiger partial charge in [-0.05, 0) is 49.3 Å². The van der Waals surface area contributed by atoms with Gasteiger partial charge in [0.25, 0.3) is 0 Å².